The minimum atomic E-state index is -0.941. The van der Waals surface area contributed by atoms with Crippen molar-refractivity contribution in [2.75, 3.05) is 5.32 Å². The number of rotatable bonds is 3. The van der Waals surface area contributed by atoms with Gasteiger partial charge in [-0.25, -0.2) is 0 Å². The van der Waals surface area contributed by atoms with Crippen LogP contribution >= 0.6 is 23.8 Å². The molecule has 0 fully saturated rings. The van der Waals surface area contributed by atoms with E-state index in [9.17, 15) is 4.79 Å². The zero-order chi connectivity index (χ0) is 11.4. The standard InChI is InChI=1S/C9H9ClN2O2S/c10-6-1-2-7(12-9(11)15)5(3-6)4-8(13)14/h1-3H,4H2,(H,13,14)(H3,11,12,15). The van der Waals surface area contributed by atoms with Gasteiger partial charge in [-0.2, -0.15) is 0 Å². The number of thiocarbonyl (C=S) groups is 1. The lowest BCUT2D eigenvalue weighted by atomic mass is 10.1. The maximum atomic E-state index is 10.6. The van der Waals surface area contributed by atoms with Crippen LogP contribution in [0.5, 0.6) is 0 Å². The summed E-state index contributed by atoms with van der Waals surface area (Å²) in [7, 11) is 0. The quantitative estimate of drug-likeness (QED) is 0.705. The van der Waals surface area contributed by atoms with Gasteiger partial charge in [0.25, 0.3) is 0 Å². The molecule has 0 aromatic heterocycles. The fourth-order valence-electron chi connectivity index (χ4n) is 1.13. The van der Waals surface area contributed by atoms with Crippen molar-refractivity contribution in [2.45, 2.75) is 6.42 Å². The van der Waals surface area contributed by atoms with E-state index in [1.807, 2.05) is 0 Å². The lowest BCUT2D eigenvalue weighted by Gasteiger charge is -2.09. The van der Waals surface area contributed by atoms with Crippen molar-refractivity contribution < 1.29 is 9.90 Å². The number of carboxylic acids is 1. The van der Waals surface area contributed by atoms with Crippen LogP contribution in [0.4, 0.5) is 5.69 Å². The summed E-state index contributed by atoms with van der Waals surface area (Å²) in [5.74, 6) is -0.941. The van der Waals surface area contributed by atoms with Crippen molar-refractivity contribution in [3.05, 3.63) is 28.8 Å². The van der Waals surface area contributed by atoms with E-state index in [0.29, 0.717) is 16.3 Å². The van der Waals surface area contributed by atoms with E-state index in [1.165, 1.54) is 0 Å². The molecule has 0 spiro atoms. The molecule has 0 bridgehead atoms. The Morgan fingerprint density at radius 3 is 2.80 bits per heavy atom. The van der Waals surface area contributed by atoms with E-state index in [-0.39, 0.29) is 11.5 Å². The van der Waals surface area contributed by atoms with Gasteiger partial charge in [-0.05, 0) is 36.0 Å². The molecule has 1 rings (SSSR count). The van der Waals surface area contributed by atoms with Gasteiger partial charge in [0, 0.05) is 10.7 Å². The molecular weight excluding hydrogens is 236 g/mol. The average Bonchev–Trinajstić information content (AvgIpc) is 2.08. The van der Waals surface area contributed by atoms with Crippen LogP contribution < -0.4 is 11.1 Å². The number of hydrogen-bond donors (Lipinski definition) is 3. The molecule has 0 amide bonds. The van der Waals surface area contributed by atoms with Crippen molar-refractivity contribution in [3.8, 4) is 0 Å². The second kappa shape index (κ2) is 4.95. The summed E-state index contributed by atoms with van der Waals surface area (Å²) in [5.41, 5.74) is 6.41. The lowest BCUT2D eigenvalue weighted by Crippen LogP contribution is -2.20. The van der Waals surface area contributed by atoms with Crippen LogP contribution in [0.15, 0.2) is 18.2 Å². The third-order valence-electron chi connectivity index (χ3n) is 1.67. The van der Waals surface area contributed by atoms with E-state index < -0.39 is 5.97 Å². The Morgan fingerprint density at radius 1 is 1.60 bits per heavy atom. The van der Waals surface area contributed by atoms with Gasteiger partial charge in [0.05, 0.1) is 6.42 Å². The van der Waals surface area contributed by atoms with Gasteiger partial charge in [-0.15, -0.1) is 0 Å². The molecular formula is C9H9ClN2O2S. The first kappa shape index (κ1) is 11.7. The minimum absolute atomic E-state index is 0.0870. The number of aliphatic carboxylic acids is 1. The van der Waals surface area contributed by atoms with E-state index in [4.69, 9.17) is 22.4 Å². The highest BCUT2D eigenvalue weighted by atomic mass is 35.5. The summed E-state index contributed by atoms with van der Waals surface area (Å²) in [6, 6.07) is 4.84. The Balaban J connectivity index is 3.02. The Labute approximate surface area is 97.0 Å². The van der Waals surface area contributed by atoms with Crippen molar-refractivity contribution in [1.82, 2.24) is 0 Å². The van der Waals surface area contributed by atoms with E-state index in [1.54, 1.807) is 18.2 Å². The second-order valence-corrected chi connectivity index (χ2v) is 3.74. The number of anilines is 1. The summed E-state index contributed by atoms with van der Waals surface area (Å²) in [6.07, 6.45) is -0.133. The highest BCUT2D eigenvalue weighted by molar-refractivity contribution is 7.80. The largest absolute Gasteiger partial charge is 0.481 e. The molecule has 80 valence electrons. The minimum Gasteiger partial charge on any atom is -0.481 e. The topological polar surface area (TPSA) is 75.3 Å². The fraction of sp³-hybridized carbons (Fsp3) is 0.111. The van der Waals surface area contributed by atoms with Crippen LogP contribution in [0.2, 0.25) is 5.02 Å². The molecule has 0 saturated heterocycles. The van der Waals surface area contributed by atoms with E-state index in [0.717, 1.165) is 0 Å². The van der Waals surface area contributed by atoms with Crippen LogP contribution in [0, 0.1) is 0 Å². The molecule has 1 aromatic carbocycles. The number of benzene rings is 1. The number of halogens is 1. The van der Waals surface area contributed by atoms with Crippen LogP contribution in [0.1, 0.15) is 5.56 Å². The van der Waals surface area contributed by atoms with Crippen molar-refractivity contribution >= 4 is 40.6 Å². The maximum absolute atomic E-state index is 10.6. The molecule has 15 heavy (non-hydrogen) atoms. The summed E-state index contributed by atoms with van der Waals surface area (Å²) >= 11 is 10.4. The molecule has 0 unspecified atom stereocenters. The van der Waals surface area contributed by atoms with Crippen LogP contribution in [0.3, 0.4) is 0 Å². The number of nitrogens with one attached hydrogen (secondary N) is 1. The normalized spacial score (nSPS) is 9.67. The molecule has 0 saturated carbocycles. The first-order chi connectivity index (χ1) is 6.99. The van der Waals surface area contributed by atoms with Crippen molar-refractivity contribution in [3.63, 3.8) is 0 Å². The van der Waals surface area contributed by atoms with Crippen molar-refractivity contribution in [2.24, 2.45) is 5.73 Å². The molecule has 0 radical (unpaired) electrons. The Kier molecular flexibility index (Phi) is 3.88. The van der Waals surface area contributed by atoms with Gasteiger partial charge < -0.3 is 16.2 Å². The van der Waals surface area contributed by atoms with Gasteiger partial charge >= 0.3 is 5.97 Å². The molecule has 0 aliphatic rings. The van der Waals surface area contributed by atoms with Gasteiger partial charge in [0.2, 0.25) is 0 Å². The first-order valence-electron chi connectivity index (χ1n) is 4.05. The third kappa shape index (κ3) is 3.73. The summed E-state index contributed by atoms with van der Waals surface area (Å²) in [6.45, 7) is 0. The van der Waals surface area contributed by atoms with Crippen LogP contribution in [0.25, 0.3) is 0 Å². The molecule has 0 atom stereocenters. The predicted octanol–water partition coefficient (Wildman–Crippen LogP) is 1.62. The van der Waals surface area contributed by atoms with Crippen molar-refractivity contribution in [1.29, 1.82) is 0 Å². The van der Waals surface area contributed by atoms with Crippen LogP contribution in [-0.2, 0) is 11.2 Å². The summed E-state index contributed by atoms with van der Waals surface area (Å²) < 4.78 is 0. The number of carbonyl (C=O) groups is 1. The molecule has 0 aliphatic heterocycles. The van der Waals surface area contributed by atoms with Gasteiger partial charge in [0.15, 0.2) is 5.11 Å². The number of carboxylic acid groups (broad SMARTS) is 1. The summed E-state index contributed by atoms with van der Waals surface area (Å²) in [5, 5.41) is 11.9. The first-order valence-corrected chi connectivity index (χ1v) is 4.84. The van der Waals surface area contributed by atoms with Gasteiger partial charge in [-0.1, -0.05) is 11.6 Å². The summed E-state index contributed by atoms with van der Waals surface area (Å²) in [4.78, 5) is 10.6. The number of hydrogen-bond acceptors (Lipinski definition) is 2. The molecule has 1 aromatic rings. The lowest BCUT2D eigenvalue weighted by molar-refractivity contribution is -0.136. The van der Waals surface area contributed by atoms with Gasteiger partial charge in [-0.3, -0.25) is 4.79 Å². The smallest absolute Gasteiger partial charge is 0.307 e. The highest BCUT2D eigenvalue weighted by Crippen LogP contribution is 2.21. The predicted molar refractivity (Wildman–Crippen MR) is 63.2 cm³/mol. The zero-order valence-corrected chi connectivity index (χ0v) is 9.23. The second-order valence-electron chi connectivity index (χ2n) is 2.86. The SMILES string of the molecule is NC(=S)Nc1ccc(Cl)cc1CC(=O)O. The molecule has 6 heteroatoms. The average molecular weight is 245 g/mol. The van der Waals surface area contributed by atoms with E-state index in [2.05, 4.69) is 17.5 Å². The highest BCUT2D eigenvalue weighted by Gasteiger charge is 2.07. The third-order valence-corrected chi connectivity index (χ3v) is 2.00. The fourth-order valence-corrected chi connectivity index (χ4v) is 1.43. The van der Waals surface area contributed by atoms with E-state index >= 15 is 0 Å². The number of nitrogens with two attached hydrogens (primary N) is 1. The zero-order valence-electron chi connectivity index (χ0n) is 7.66. The molecule has 4 N–H and O–H groups in total. The van der Waals surface area contributed by atoms with Gasteiger partial charge in [0.1, 0.15) is 0 Å². The molecule has 0 heterocycles. The molecule has 4 nitrogen and oxygen atoms in total. The Hall–Kier alpha value is -1.33. The Morgan fingerprint density at radius 2 is 2.27 bits per heavy atom. The molecule has 0 aliphatic carbocycles. The van der Waals surface area contributed by atoms with Crippen LogP contribution in [-0.4, -0.2) is 16.2 Å². The monoisotopic (exact) mass is 244 g/mol. The Bertz CT molecular complexity index is 409. The maximum Gasteiger partial charge on any atom is 0.307 e.